The summed E-state index contributed by atoms with van der Waals surface area (Å²) in [5.74, 6) is -2.06. The first kappa shape index (κ1) is 33.3. The molecule has 0 saturated heterocycles. The summed E-state index contributed by atoms with van der Waals surface area (Å²) in [6.45, 7) is 15.6. The molecular weight excluding hydrogens is 446 g/mol. The lowest BCUT2D eigenvalue weighted by Gasteiger charge is -2.20. The largest absolute Gasteiger partial charge is 0.462 e. The van der Waals surface area contributed by atoms with Crippen molar-refractivity contribution in [3.05, 3.63) is 12.2 Å². The Morgan fingerprint density at radius 2 is 1.26 bits per heavy atom. The molecule has 0 fully saturated rings. The van der Waals surface area contributed by atoms with Crippen molar-refractivity contribution in [1.82, 2.24) is 5.32 Å². The average Bonchev–Trinajstić information content (AvgIpc) is 2.77. The standard InChI is InChI=1S/C18H28O8.C6H13NO/c1-6-18(4,5)17(22)26-12-10-24-15(20)8-7-14(19)23-9-11-25-16(21)13(2)3;1-4-5(2)7-6(3)8/h2,6-12H2,1,3-5H3;5H,4H2,1-3H3,(H,7,8). The van der Waals surface area contributed by atoms with Gasteiger partial charge in [-0.25, -0.2) is 4.79 Å². The monoisotopic (exact) mass is 487 g/mol. The van der Waals surface area contributed by atoms with Crippen LogP contribution in [-0.4, -0.2) is 62.3 Å². The zero-order chi connectivity index (χ0) is 26.7. The third-order valence-electron chi connectivity index (χ3n) is 4.54. The van der Waals surface area contributed by atoms with Gasteiger partial charge in [0.1, 0.15) is 26.4 Å². The summed E-state index contributed by atoms with van der Waals surface area (Å²) in [5, 5.41) is 2.75. The Hall–Kier alpha value is -2.91. The van der Waals surface area contributed by atoms with Crippen LogP contribution in [0.25, 0.3) is 0 Å². The van der Waals surface area contributed by atoms with Crippen molar-refractivity contribution in [2.45, 2.75) is 80.2 Å². The van der Waals surface area contributed by atoms with Gasteiger partial charge < -0.3 is 24.3 Å². The van der Waals surface area contributed by atoms with Crippen LogP contribution >= 0.6 is 0 Å². The highest BCUT2D eigenvalue weighted by atomic mass is 16.6. The van der Waals surface area contributed by atoms with Crippen molar-refractivity contribution in [1.29, 1.82) is 0 Å². The van der Waals surface area contributed by atoms with Crippen LogP contribution in [0, 0.1) is 5.41 Å². The fraction of sp³-hybridized carbons (Fsp3) is 0.708. The van der Waals surface area contributed by atoms with Crippen LogP contribution in [-0.2, 0) is 42.9 Å². The zero-order valence-electron chi connectivity index (χ0n) is 21.6. The highest BCUT2D eigenvalue weighted by molar-refractivity contribution is 5.86. The molecule has 10 nitrogen and oxygen atoms in total. The van der Waals surface area contributed by atoms with E-state index in [1.807, 2.05) is 20.8 Å². The number of amides is 1. The van der Waals surface area contributed by atoms with Crippen LogP contribution in [0.1, 0.15) is 74.1 Å². The van der Waals surface area contributed by atoms with Crippen LogP contribution in [0.4, 0.5) is 0 Å². The van der Waals surface area contributed by atoms with Gasteiger partial charge in [-0.2, -0.15) is 0 Å². The fourth-order valence-electron chi connectivity index (χ4n) is 1.84. The van der Waals surface area contributed by atoms with Crippen molar-refractivity contribution < 1.29 is 42.9 Å². The number of nitrogens with one attached hydrogen (secondary N) is 1. The molecule has 1 unspecified atom stereocenters. The van der Waals surface area contributed by atoms with E-state index in [1.54, 1.807) is 13.8 Å². The van der Waals surface area contributed by atoms with Gasteiger partial charge in [-0.3, -0.25) is 19.2 Å². The maximum atomic E-state index is 11.7. The van der Waals surface area contributed by atoms with Crippen molar-refractivity contribution in [2.24, 2.45) is 5.41 Å². The van der Waals surface area contributed by atoms with E-state index in [-0.39, 0.29) is 56.7 Å². The molecule has 0 radical (unpaired) electrons. The molecule has 0 aliphatic rings. The molecule has 0 heterocycles. The average molecular weight is 488 g/mol. The van der Waals surface area contributed by atoms with E-state index in [0.717, 1.165) is 6.42 Å². The first-order valence-electron chi connectivity index (χ1n) is 11.3. The number of carbonyl (C=O) groups excluding carboxylic acids is 5. The SMILES string of the molecule is C=C(C)C(=O)OCCOC(=O)CCC(=O)OCCOC(=O)C(C)(C)CC.CCC(C)NC(C)=O. The first-order valence-corrected chi connectivity index (χ1v) is 11.3. The number of ether oxygens (including phenoxy) is 4. The minimum atomic E-state index is -0.607. The highest BCUT2D eigenvalue weighted by Gasteiger charge is 2.26. The molecular formula is C24H41NO9. The summed E-state index contributed by atoms with van der Waals surface area (Å²) in [6.07, 6.45) is 1.33. The minimum absolute atomic E-state index is 0.0352. The predicted octanol–water partition coefficient (Wildman–Crippen LogP) is 2.87. The topological polar surface area (TPSA) is 134 Å². The molecule has 0 bridgehead atoms. The Bertz CT molecular complexity index is 686. The molecule has 0 spiro atoms. The fourth-order valence-corrected chi connectivity index (χ4v) is 1.84. The third-order valence-corrected chi connectivity index (χ3v) is 4.54. The molecule has 1 N–H and O–H groups in total. The Labute approximate surface area is 202 Å². The summed E-state index contributed by atoms with van der Waals surface area (Å²) >= 11 is 0. The molecule has 0 aliphatic heterocycles. The normalized spacial score (nSPS) is 11.1. The Kier molecular flexibility index (Phi) is 18.1. The minimum Gasteiger partial charge on any atom is -0.462 e. The van der Waals surface area contributed by atoms with Gasteiger partial charge in [0, 0.05) is 18.5 Å². The highest BCUT2D eigenvalue weighted by Crippen LogP contribution is 2.21. The maximum Gasteiger partial charge on any atom is 0.333 e. The molecule has 0 aromatic carbocycles. The van der Waals surface area contributed by atoms with E-state index >= 15 is 0 Å². The number of hydrogen-bond acceptors (Lipinski definition) is 9. The van der Waals surface area contributed by atoms with Crippen molar-refractivity contribution in [3.8, 4) is 0 Å². The second-order valence-corrected chi connectivity index (χ2v) is 8.24. The van der Waals surface area contributed by atoms with Gasteiger partial charge in [-0.15, -0.1) is 0 Å². The van der Waals surface area contributed by atoms with E-state index < -0.39 is 23.3 Å². The summed E-state index contributed by atoms with van der Waals surface area (Å²) < 4.78 is 19.4. The molecule has 0 aromatic heterocycles. The Morgan fingerprint density at radius 1 is 0.824 bits per heavy atom. The number of rotatable bonds is 14. The lowest BCUT2D eigenvalue weighted by Crippen LogP contribution is -2.29. The maximum absolute atomic E-state index is 11.7. The molecule has 0 saturated carbocycles. The molecule has 34 heavy (non-hydrogen) atoms. The number of esters is 4. The first-order chi connectivity index (χ1) is 15.8. The van der Waals surface area contributed by atoms with Crippen LogP contribution in [0.15, 0.2) is 12.2 Å². The van der Waals surface area contributed by atoms with Gasteiger partial charge in [0.05, 0.1) is 18.3 Å². The summed E-state index contributed by atoms with van der Waals surface area (Å²) in [5.41, 5.74) is -0.324. The van der Waals surface area contributed by atoms with Crippen molar-refractivity contribution in [2.75, 3.05) is 26.4 Å². The molecule has 0 aliphatic carbocycles. The van der Waals surface area contributed by atoms with Crippen LogP contribution in [0.5, 0.6) is 0 Å². The second-order valence-electron chi connectivity index (χ2n) is 8.24. The van der Waals surface area contributed by atoms with E-state index in [4.69, 9.17) is 18.9 Å². The lowest BCUT2D eigenvalue weighted by molar-refractivity contribution is -0.159. The molecule has 1 atom stereocenters. The molecule has 196 valence electrons. The smallest absolute Gasteiger partial charge is 0.333 e. The quantitative estimate of drug-likeness (QED) is 0.170. The van der Waals surface area contributed by atoms with Crippen LogP contribution < -0.4 is 5.32 Å². The Balaban J connectivity index is 0. The van der Waals surface area contributed by atoms with Crippen LogP contribution in [0.3, 0.4) is 0 Å². The van der Waals surface area contributed by atoms with E-state index in [2.05, 4.69) is 11.9 Å². The number of carbonyl (C=O) groups is 5. The van der Waals surface area contributed by atoms with Crippen molar-refractivity contribution in [3.63, 3.8) is 0 Å². The van der Waals surface area contributed by atoms with Gasteiger partial charge in [0.15, 0.2) is 0 Å². The van der Waals surface area contributed by atoms with Gasteiger partial charge in [-0.05, 0) is 40.5 Å². The predicted molar refractivity (Wildman–Crippen MR) is 126 cm³/mol. The van der Waals surface area contributed by atoms with Gasteiger partial charge in [-0.1, -0.05) is 20.4 Å². The molecule has 1 amide bonds. The molecule has 0 rings (SSSR count). The van der Waals surface area contributed by atoms with E-state index in [9.17, 15) is 24.0 Å². The van der Waals surface area contributed by atoms with E-state index in [1.165, 1.54) is 13.8 Å². The van der Waals surface area contributed by atoms with Gasteiger partial charge >= 0.3 is 23.9 Å². The molecule has 10 heteroatoms. The van der Waals surface area contributed by atoms with Gasteiger partial charge in [0.2, 0.25) is 5.91 Å². The van der Waals surface area contributed by atoms with E-state index in [0.29, 0.717) is 12.5 Å². The summed E-state index contributed by atoms with van der Waals surface area (Å²) in [6, 6.07) is 0.326. The number of hydrogen-bond donors (Lipinski definition) is 1. The summed E-state index contributed by atoms with van der Waals surface area (Å²) in [4.78, 5) is 56.0. The zero-order valence-corrected chi connectivity index (χ0v) is 21.6. The van der Waals surface area contributed by atoms with Crippen molar-refractivity contribution >= 4 is 29.8 Å². The van der Waals surface area contributed by atoms with Gasteiger partial charge in [0.25, 0.3) is 0 Å². The lowest BCUT2D eigenvalue weighted by atomic mass is 9.91. The second kappa shape index (κ2) is 18.5. The summed E-state index contributed by atoms with van der Waals surface area (Å²) in [7, 11) is 0. The third kappa shape index (κ3) is 18.6. The Morgan fingerprint density at radius 3 is 1.62 bits per heavy atom. The molecule has 0 aromatic rings. The van der Waals surface area contributed by atoms with Crippen LogP contribution in [0.2, 0.25) is 0 Å².